The standard InChI is InChI=1S/C11H18N4O7/c1-3-14-11(19)22-8(4-20-9(17)12-2)5-21-10(18)15-6-13-7-16/h8H,3-6H2,1-2H3,(H,12,17)(H,14,19)(H,15,18). The topological polar surface area (TPSA) is 144 Å². The molecule has 0 bridgehead atoms. The lowest BCUT2D eigenvalue weighted by atomic mass is 10.4. The van der Waals surface area contributed by atoms with Gasteiger partial charge in [-0.3, -0.25) is 0 Å². The van der Waals surface area contributed by atoms with E-state index in [-0.39, 0.29) is 19.9 Å². The van der Waals surface area contributed by atoms with E-state index < -0.39 is 24.4 Å². The number of carbonyl (C=O) groups excluding carboxylic acids is 4. The second-order valence-corrected chi connectivity index (χ2v) is 3.59. The molecule has 0 radical (unpaired) electrons. The van der Waals surface area contributed by atoms with Gasteiger partial charge in [-0.1, -0.05) is 0 Å². The van der Waals surface area contributed by atoms with Crippen molar-refractivity contribution >= 4 is 24.4 Å². The van der Waals surface area contributed by atoms with E-state index in [9.17, 15) is 19.2 Å². The third-order valence-corrected chi connectivity index (χ3v) is 1.97. The Morgan fingerprint density at radius 3 is 2.27 bits per heavy atom. The largest absolute Gasteiger partial charge is 0.445 e. The molecule has 3 N–H and O–H groups in total. The molecule has 11 heteroatoms. The minimum absolute atomic E-state index is 0.293. The fourth-order valence-electron chi connectivity index (χ4n) is 1.05. The van der Waals surface area contributed by atoms with Crippen LogP contribution in [0.2, 0.25) is 0 Å². The lowest BCUT2D eigenvalue weighted by molar-refractivity contribution is 0.00790. The van der Waals surface area contributed by atoms with E-state index in [4.69, 9.17) is 14.2 Å². The molecule has 0 aromatic carbocycles. The smallest absolute Gasteiger partial charge is 0.408 e. The third-order valence-electron chi connectivity index (χ3n) is 1.97. The Morgan fingerprint density at radius 1 is 1.09 bits per heavy atom. The fraction of sp³-hybridized carbons (Fsp3) is 0.636. The molecule has 1 unspecified atom stereocenters. The Kier molecular flexibility index (Phi) is 10.4. The Balaban J connectivity index is 4.31. The van der Waals surface area contributed by atoms with Crippen LogP contribution < -0.4 is 16.0 Å². The van der Waals surface area contributed by atoms with Gasteiger partial charge in [-0.15, -0.1) is 0 Å². The Hall–Kier alpha value is -2.81. The molecule has 0 saturated carbocycles. The van der Waals surface area contributed by atoms with Gasteiger partial charge in [0.25, 0.3) is 0 Å². The normalized spacial score (nSPS) is 10.5. The molecule has 0 spiro atoms. The van der Waals surface area contributed by atoms with Crippen LogP contribution in [-0.2, 0) is 19.0 Å². The van der Waals surface area contributed by atoms with Crippen molar-refractivity contribution in [1.82, 2.24) is 16.0 Å². The number of rotatable bonds is 8. The first-order valence-electron chi connectivity index (χ1n) is 6.26. The van der Waals surface area contributed by atoms with Gasteiger partial charge in [0.05, 0.1) is 0 Å². The first-order chi connectivity index (χ1) is 10.5. The van der Waals surface area contributed by atoms with Crippen molar-refractivity contribution in [3.8, 4) is 0 Å². The Bertz CT molecular complexity index is 423. The second kappa shape index (κ2) is 12.0. The summed E-state index contributed by atoms with van der Waals surface area (Å²) in [5.41, 5.74) is 0. The summed E-state index contributed by atoms with van der Waals surface area (Å²) in [7, 11) is 1.36. The van der Waals surface area contributed by atoms with Crippen molar-refractivity contribution in [2.24, 2.45) is 4.99 Å². The van der Waals surface area contributed by atoms with Crippen molar-refractivity contribution in [2.45, 2.75) is 13.0 Å². The van der Waals surface area contributed by atoms with Crippen LogP contribution in [0, 0.1) is 0 Å². The molecule has 1 atom stereocenters. The van der Waals surface area contributed by atoms with Gasteiger partial charge in [-0.2, -0.15) is 4.99 Å². The van der Waals surface area contributed by atoms with Crippen molar-refractivity contribution in [2.75, 3.05) is 33.5 Å². The number of hydrogen-bond donors (Lipinski definition) is 3. The third kappa shape index (κ3) is 10.0. The van der Waals surface area contributed by atoms with Gasteiger partial charge in [0.15, 0.2) is 6.10 Å². The number of nitrogens with one attached hydrogen (secondary N) is 3. The SMILES string of the molecule is CCNC(=O)OC(COC(=O)NC)COC(=O)NCN=C=O. The predicted octanol–water partition coefficient (Wildman–Crippen LogP) is -0.523. The van der Waals surface area contributed by atoms with E-state index in [1.807, 2.05) is 0 Å². The summed E-state index contributed by atoms with van der Waals surface area (Å²) in [5.74, 6) is 0. The summed E-state index contributed by atoms with van der Waals surface area (Å²) in [5, 5.41) is 6.71. The van der Waals surface area contributed by atoms with Crippen LogP contribution in [-0.4, -0.2) is 63.9 Å². The zero-order chi connectivity index (χ0) is 16.8. The van der Waals surface area contributed by atoms with Crippen LogP contribution in [0.3, 0.4) is 0 Å². The maximum absolute atomic E-state index is 11.3. The number of ether oxygens (including phenoxy) is 3. The molecular formula is C11H18N4O7. The molecule has 0 aromatic heterocycles. The van der Waals surface area contributed by atoms with Crippen molar-refractivity contribution in [3.63, 3.8) is 0 Å². The minimum atomic E-state index is -0.996. The predicted molar refractivity (Wildman–Crippen MR) is 71.8 cm³/mol. The number of isocyanates is 1. The second-order valence-electron chi connectivity index (χ2n) is 3.59. The highest BCUT2D eigenvalue weighted by molar-refractivity contribution is 5.68. The van der Waals surface area contributed by atoms with Gasteiger partial charge in [0, 0.05) is 13.6 Å². The van der Waals surface area contributed by atoms with Crippen LogP contribution in [0.25, 0.3) is 0 Å². The maximum atomic E-state index is 11.3. The zero-order valence-electron chi connectivity index (χ0n) is 12.2. The summed E-state index contributed by atoms with van der Waals surface area (Å²) in [6, 6.07) is 0. The van der Waals surface area contributed by atoms with Crippen molar-refractivity contribution in [3.05, 3.63) is 0 Å². The molecule has 0 aliphatic carbocycles. The Morgan fingerprint density at radius 2 is 1.73 bits per heavy atom. The van der Waals surface area contributed by atoms with Gasteiger partial charge in [-0.05, 0) is 6.92 Å². The van der Waals surface area contributed by atoms with Gasteiger partial charge in [-0.25, -0.2) is 19.2 Å². The lowest BCUT2D eigenvalue weighted by Crippen LogP contribution is -2.37. The van der Waals surface area contributed by atoms with Crippen LogP contribution in [0.1, 0.15) is 6.92 Å². The zero-order valence-corrected chi connectivity index (χ0v) is 12.2. The summed E-state index contributed by atoms with van der Waals surface area (Å²) >= 11 is 0. The van der Waals surface area contributed by atoms with Crippen LogP contribution in [0.4, 0.5) is 14.4 Å². The van der Waals surface area contributed by atoms with E-state index in [0.29, 0.717) is 6.54 Å². The number of aliphatic imine (C=N–C) groups is 1. The maximum Gasteiger partial charge on any atom is 0.408 e. The average Bonchev–Trinajstić information content (AvgIpc) is 2.50. The molecule has 22 heavy (non-hydrogen) atoms. The molecule has 0 rings (SSSR count). The van der Waals surface area contributed by atoms with Crippen molar-refractivity contribution < 1.29 is 33.4 Å². The molecule has 0 aliphatic heterocycles. The summed E-state index contributed by atoms with van der Waals surface area (Å²) in [4.78, 5) is 46.4. The molecule has 11 nitrogen and oxygen atoms in total. The molecular weight excluding hydrogens is 300 g/mol. The molecule has 0 aliphatic rings. The van der Waals surface area contributed by atoms with E-state index in [0.717, 1.165) is 0 Å². The van der Waals surface area contributed by atoms with Gasteiger partial charge >= 0.3 is 18.3 Å². The summed E-state index contributed by atoms with van der Waals surface area (Å²) in [6.07, 6.45) is -2.13. The van der Waals surface area contributed by atoms with E-state index in [1.165, 1.54) is 13.1 Å². The number of hydrogen-bond acceptors (Lipinski definition) is 8. The quantitative estimate of drug-likeness (QED) is 0.310. The highest BCUT2D eigenvalue weighted by Gasteiger charge is 2.18. The first-order valence-corrected chi connectivity index (χ1v) is 6.26. The number of nitrogens with zero attached hydrogens (tertiary/aromatic N) is 1. The molecule has 0 aromatic rings. The fourth-order valence-corrected chi connectivity index (χ4v) is 1.05. The van der Waals surface area contributed by atoms with Gasteiger partial charge in [0.1, 0.15) is 19.9 Å². The van der Waals surface area contributed by atoms with Gasteiger partial charge in [0.2, 0.25) is 6.08 Å². The molecule has 124 valence electrons. The lowest BCUT2D eigenvalue weighted by Gasteiger charge is -2.17. The minimum Gasteiger partial charge on any atom is -0.445 e. The van der Waals surface area contributed by atoms with Crippen molar-refractivity contribution in [1.29, 1.82) is 0 Å². The van der Waals surface area contributed by atoms with Crippen LogP contribution >= 0.6 is 0 Å². The van der Waals surface area contributed by atoms with E-state index in [1.54, 1.807) is 6.92 Å². The number of carbonyl (C=O) groups is 3. The van der Waals surface area contributed by atoms with Gasteiger partial charge < -0.3 is 30.2 Å². The molecule has 3 amide bonds. The Labute approximate surface area is 126 Å². The highest BCUT2D eigenvalue weighted by atomic mass is 16.6. The monoisotopic (exact) mass is 318 g/mol. The first kappa shape index (κ1) is 19.2. The number of amides is 3. The van der Waals surface area contributed by atoms with E-state index in [2.05, 4.69) is 20.9 Å². The van der Waals surface area contributed by atoms with E-state index >= 15 is 0 Å². The molecule has 0 fully saturated rings. The van der Waals surface area contributed by atoms with Crippen LogP contribution in [0.5, 0.6) is 0 Å². The molecule has 0 heterocycles. The van der Waals surface area contributed by atoms with Crippen LogP contribution in [0.15, 0.2) is 4.99 Å². The highest BCUT2D eigenvalue weighted by Crippen LogP contribution is 1.97. The molecule has 0 saturated heterocycles. The average molecular weight is 318 g/mol. The summed E-state index contributed by atoms with van der Waals surface area (Å²) in [6.45, 7) is 1.07. The number of alkyl carbamates (subject to hydrolysis) is 3. The summed E-state index contributed by atoms with van der Waals surface area (Å²) < 4.78 is 14.4.